The van der Waals surface area contributed by atoms with Crippen LogP contribution >= 0.6 is 0 Å². The molecule has 4 N–H and O–H groups in total. The molecule has 2 amide bonds. The zero-order valence-corrected chi connectivity index (χ0v) is 4.62. The van der Waals surface area contributed by atoms with Crippen LogP contribution in [0.5, 0.6) is 0 Å². The summed E-state index contributed by atoms with van der Waals surface area (Å²) < 4.78 is 0. The molecule has 0 bridgehead atoms. The topological polar surface area (TPSA) is 86.2 Å². The van der Waals surface area contributed by atoms with Crippen molar-refractivity contribution in [1.29, 1.82) is 0 Å². The average Bonchev–Trinajstić information content (AvgIpc) is 1.36. The fourth-order valence-electron chi connectivity index (χ4n) is 0. The molecule has 0 aromatic rings. The van der Waals surface area contributed by atoms with E-state index >= 15 is 0 Å². The van der Waals surface area contributed by atoms with E-state index in [9.17, 15) is 9.59 Å². The molecule has 0 fully saturated rings. The Balaban J connectivity index is -0.000000125. The Bertz CT molecular complexity index is 84.0. The Hall–Kier alpha value is -0.611. The number of primary amides is 2. The number of hydrogen-bond acceptors (Lipinski definition) is 2. The van der Waals surface area contributed by atoms with E-state index in [0.29, 0.717) is 0 Å². The predicted molar refractivity (Wildman–Crippen MR) is 20.9 cm³/mol. The predicted octanol–water partition coefficient (Wildman–Crippen LogP) is -1.89. The molecule has 0 saturated heterocycles. The molecule has 4 nitrogen and oxygen atoms in total. The van der Waals surface area contributed by atoms with Gasteiger partial charge >= 0.3 is 11.8 Å². The van der Waals surface area contributed by atoms with Crippen LogP contribution in [-0.2, 0) is 26.7 Å². The first-order chi connectivity index (χ1) is 2.64. The quantitative estimate of drug-likeness (QED) is 0.330. The third kappa shape index (κ3) is 9.04. The molecule has 0 heterocycles. The number of carbonyl (C=O) groups excluding carboxylic acids is 2. The van der Waals surface area contributed by atoms with E-state index in [0.717, 1.165) is 0 Å². The van der Waals surface area contributed by atoms with Gasteiger partial charge in [0.15, 0.2) is 0 Å². The smallest absolute Gasteiger partial charge is 0.306 e. The first-order valence-corrected chi connectivity index (χ1v) is 1.24. The van der Waals surface area contributed by atoms with Gasteiger partial charge in [0, 0.05) is 17.1 Å². The zero-order valence-electron chi connectivity index (χ0n) is 3.68. The van der Waals surface area contributed by atoms with E-state index in [4.69, 9.17) is 0 Å². The van der Waals surface area contributed by atoms with Crippen LogP contribution in [0.25, 0.3) is 0 Å². The van der Waals surface area contributed by atoms with Gasteiger partial charge < -0.3 is 11.5 Å². The summed E-state index contributed by atoms with van der Waals surface area (Å²) >= 11 is 0. The van der Waals surface area contributed by atoms with Crippen LogP contribution in [0, 0.1) is 0 Å². The van der Waals surface area contributed by atoms with Gasteiger partial charge in [0.2, 0.25) is 0 Å². The van der Waals surface area contributed by atoms with Gasteiger partial charge in [0.05, 0.1) is 0 Å². The van der Waals surface area contributed by atoms with Gasteiger partial charge in [-0.2, -0.15) is 0 Å². The maximum atomic E-state index is 9.45. The monoisotopic (exact) mass is 171 g/mol. The Labute approximate surface area is 55.4 Å². The van der Waals surface area contributed by atoms with E-state index in [-0.39, 0.29) is 21.8 Å². The van der Waals surface area contributed by atoms with Gasteiger partial charge in [-0.25, -0.2) is 0 Å². The molecule has 0 rings (SSSR count). The second-order valence-corrected chi connectivity index (χ2v) is 0.729. The molecule has 8 heavy (non-hydrogen) atoms. The number of nitrogens with two attached hydrogens (primary N) is 2. The summed E-state index contributed by atoms with van der Waals surface area (Å²) in [6.45, 7) is 0. The molecular formula is C2H5CuFN2O2. The van der Waals surface area contributed by atoms with E-state index in [1.54, 1.807) is 0 Å². The molecule has 0 saturated carbocycles. The van der Waals surface area contributed by atoms with Crippen LogP contribution in [-0.4, -0.2) is 11.8 Å². The van der Waals surface area contributed by atoms with Crippen molar-refractivity contribution in [3.8, 4) is 0 Å². The fraction of sp³-hybridized carbons (Fsp3) is 0. The third-order valence-electron chi connectivity index (χ3n) is 0.243. The summed E-state index contributed by atoms with van der Waals surface area (Å²) in [4.78, 5) is 18.9. The number of amides is 2. The first-order valence-electron chi connectivity index (χ1n) is 1.24. The van der Waals surface area contributed by atoms with Crippen molar-refractivity contribution in [2.24, 2.45) is 11.5 Å². The molecular weight excluding hydrogens is 167 g/mol. The van der Waals surface area contributed by atoms with Crippen LogP contribution in [0.1, 0.15) is 0 Å². The summed E-state index contributed by atoms with van der Waals surface area (Å²) in [6, 6.07) is 0. The van der Waals surface area contributed by atoms with Gasteiger partial charge in [-0.3, -0.25) is 14.3 Å². The molecule has 0 aliphatic heterocycles. The maximum absolute atomic E-state index is 9.45. The summed E-state index contributed by atoms with van der Waals surface area (Å²) in [5.41, 5.74) is 8.64. The van der Waals surface area contributed by atoms with Gasteiger partial charge in [-0.15, -0.1) is 0 Å². The summed E-state index contributed by atoms with van der Waals surface area (Å²) in [6.07, 6.45) is 0. The van der Waals surface area contributed by atoms with E-state index in [1.807, 2.05) is 0 Å². The first kappa shape index (κ1) is 15.7. The molecule has 0 aliphatic carbocycles. The van der Waals surface area contributed by atoms with Gasteiger partial charge in [-0.1, -0.05) is 0 Å². The van der Waals surface area contributed by atoms with Crippen molar-refractivity contribution in [3.63, 3.8) is 0 Å². The van der Waals surface area contributed by atoms with Crippen LogP contribution < -0.4 is 11.5 Å². The molecule has 1 radical (unpaired) electrons. The largest absolute Gasteiger partial charge is 0.361 e. The number of carbonyl (C=O) groups is 2. The Morgan fingerprint density at radius 2 is 1.12 bits per heavy atom. The third-order valence-corrected chi connectivity index (χ3v) is 0.243. The van der Waals surface area contributed by atoms with Crippen LogP contribution in [0.15, 0.2) is 0 Å². The number of halogens is 1. The normalized spacial score (nSPS) is 5.50. The van der Waals surface area contributed by atoms with Crippen molar-refractivity contribution in [1.82, 2.24) is 0 Å². The second-order valence-electron chi connectivity index (χ2n) is 0.729. The molecule has 0 spiro atoms. The minimum atomic E-state index is -1.10. The zero-order chi connectivity index (χ0) is 5.15. The van der Waals surface area contributed by atoms with Gasteiger partial charge in [0.25, 0.3) is 0 Å². The summed E-state index contributed by atoms with van der Waals surface area (Å²) in [7, 11) is 0. The number of hydrogen-bond donors (Lipinski definition) is 2. The summed E-state index contributed by atoms with van der Waals surface area (Å²) in [5.74, 6) is -2.20. The fourth-order valence-corrected chi connectivity index (χ4v) is 0. The van der Waals surface area contributed by atoms with Crippen molar-refractivity contribution >= 4 is 11.8 Å². The van der Waals surface area contributed by atoms with Gasteiger partial charge in [0.1, 0.15) is 0 Å². The van der Waals surface area contributed by atoms with Crippen LogP contribution in [0.3, 0.4) is 0 Å². The second kappa shape index (κ2) is 6.39. The maximum Gasteiger partial charge on any atom is 0.306 e. The molecule has 0 aromatic heterocycles. The van der Waals surface area contributed by atoms with Crippen molar-refractivity contribution < 1.29 is 31.4 Å². The van der Waals surface area contributed by atoms with Crippen molar-refractivity contribution in [3.05, 3.63) is 0 Å². The van der Waals surface area contributed by atoms with Crippen LogP contribution in [0.2, 0.25) is 0 Å². The van der Waals surface area contributed by atoms with E-state index in [2.05, 4.69) is 11.5 Å². The van der Waals surface area contributed by atoms with Crippen molar-refractivity contribution in [2.45, 2.75) is 0 Å². The van der Waals surface area contributed by atoms with Crippen molar-refractivity contribution in [2.75, 3.05) is 0 Å². The molecule has 0 aromatic carbocycles. The molecule has 0 aliphatic rings. The SMILES string of the molecule is F.NC(=O)C(N)=O.[Cu]. The summed E-state index contributed by atoms with van der Waals surface area (Å²) in [5, 5.41) is 0. The van der Waals surface area contributed by atoms with Crippen LogP contribution in [0.4, 0.5) is 4.70 Å². The Morgan fingerprint density at radius 3 is 1.12 bits per heavy atom. The van der Waals surface area contributed by atoms with E-state index < -0.39 is 11.8 Å². The minimum Gasteiger partial charge on any atom is -0.361 e. The average molecular weight is 172 g/mol. The molecule has 0 unspecified atom stereocenters. The number of rotatable bonds is 0. The molecule has 0 atom stereocenters. The molecule has 53 valence electrons. The van der Waals surface area contributed by atoms with E-state index in [1.165, 1.54) is 0 Å². The minimum absolute atomic E-state index is 0. The Morgan fingerprint density at radius 1 is 1.00 bits per heavy atom. The molecule has 6 heteroatoms. The Kier molecular flexibility index (Phi) is 12.5. The standard InChI is InChI=1S/C2H4N2O2.Cu.FH/c3-1(5)2(4)6;;/h(H2,3,5)(H2,4,6);;1H. The van der Waals surface area contributed by atoms with Gasteiger partial charge in [-0.05, 0) is 0 Å².